The Morgan fingerprint density at radius 3 is 2.28 bits per heavy atom. The van der Waals surface area contributed by atoms with E-state index in [9.17, 15) is 9.59 Å². The molecule has 0 aliphatic heterocycles. The highest BCUT2D eigenvalue weighted by Gasteiger charge is 2.53. The highest BCUT2D eigenvalue weighted by Crippen LogP contribution is 2.50. The Balaban J connectivity index is 1.76. The monoisotopic (exact) mass is 440 g/mol. The minimum absolute atomic E-state index is 0.0898. The molecule has 0 radical (unpaired) electrons. The molecule has 0 spiro atoms. The predicted molar refractivity (Wildman–Crippen MR) is 121 cm³/mol. The summed E-state index contributed by atoms with van der Waals surface area (Å²) < 4.78 is 21.2. The number of allylic oxidation sites excluding steroid dienone is 5. The third-order valence-corrected chi connectivity index (χ3v) is 6.80. The number of hydrogen-bond donors (Lipinski definition) is 0. The fourth-order valence-electron chi connectivity index (χ4n) is 4.64. The Kier molecular flexibility index (Phi) is 7.24. The van der Waals surface area contributed by atoms with Gasteiger partial charge in [-0.05, 0) is 42.5 Å². The van der Waals surface area contributed by atoms with Crippen LogP contribution >= 0.6 is 0 Å². The van der Waals surface area contributed by atoms with Crippen molar-refractivity contribution < 1.29 is 28.5 Å². The van der Waals surface area contributed by atoms with Crippen LogP contribution in [0.2, 0.25) is 0 Å². The highest BCUT2D eigenvalue weighted by atomic mass is 16.5. The first kappa shape index (κ1) is 23.8. The van der Waals surface area contributed by atoms with E-state index in [4.69, 9.17) is 18.9 Å². The van der Waals surface area contributed by atoms with Crippen LogP contribution in [-0.4, -0.2) is 39.9 Å². The lowest BCUT2D eigenvalue weighted by Gasteiger charge is -2.44. The first-order chi connectivity index (χ1) is 15.3. The predicted octanol–water partition coefficient (Wildman–Crippen LogP) is 4.26. The number of hydrogen-bond acceptors (Lipinski definition) is 6. The summed E-state index contributed by atoms with van der Waals surface area (Å²) in [5, 5.41) is 0. The van der Waals surface area contributed by atoms with Crippen LogP contribution in [0.3, 0.4) is 0 Å². The van der Waals surface area contributed by atoms with Crippen molar-refractivity contribution in [3.05, 3.63) is 65.8 Å². The lowest BCUT2D eigenvalue weighted by molar-refractivity contribution is -0.171. The molecule has 2 aliphatic rings. The van der Waals surface area contributed by atoms with Crippen molar-refractivity contribution in [2.45, 2.75) is 26.9 Å². The zero-order valence-electron chi connectivity index (χ0n) is 19.4. The molecule has 32 heavy (non-hydrogen) atoms. The zero-order valence-corrected chi connectivity index (χ0v) is 19.4. The van der Waals surface area contributed by atoms with Crippen LogP contribution < -0.4 is 4.74 Å². The van der Waals surface area contributed by atoms with E-state index < -0.39 is 17.4 Å². The minimum atomic E-state index is -1.41. The van der Waals surface area contributed by atoms with Gasteiger partial charge in [-0.15, -0.1) is 0 Å². The summed E-state index contributed by atoms with van der Waals surface area (Å²) >= 11 is 0. The smallest absolute Gasteiger partial charge is 0.323 e. The van der Waals surface area contributed by atoms with Crippen LogP contribution in [0.15, 0.2) is 60.2 Å². The molecule has 0 amide bonds. The molecule has 3 atom stereocenters. The first-order valence-corrected chi connectivity index (χ1v) is 10.7. The Morgan fingerprint density at radius 2 is 1.69 bits per heavy atom. The Bertz CT molecular complexity index is 910. The van der Waals surface area contributed by atoms with E-state index in [1.165, 1.54) is 14.2 Å². The summed E-state index contributed by atoms with van der Waals surface area (Å²) in [6.45, 7) is 4.70. The molecule has 0 saturated carbocycles. The number of carbonyl (C=O) groups is 2. The van der Waals surface area contributed by atoms with Gasteiger partial charge in [0, 0.05) is 11.3 Å². The largest absolute Gasteiger partial charge is 0.497 e. The van der Waals surface area contributed by atoms with Crippen molar-refractivity contribution in [1.29, 1.82) is 0 Å². The van der Waals surface area contributed by atoms with Crippen molar-refractivity contribution in [3.8, 4) is 5.75 Å². The van der Waals surface area contributed by atoms with Crippen molar-refractivity contribution >= 4 is 11.9 Å². The maximum Gasteiger partial charge on any atom is 0.323 e. The highest BCUT2D eigenvalue weighted by molar-refractivity contribution is 6.00. The molecule has 0 saturated heterocycles. The molecule has 0 unspecified atom stereocenters. The number of ether oxygens (including phenoxy) is 4. The van der Waals surface area contributed by atoms with Gasteiger partial charge in [-0.25, -0.2) is 0 Å². The maximum absolute atomic E-state index is 12.6. The molecule has 2 aliphatic carbocycles. The van der Waals surface area contributed by atoms with Crippen LogP contribution in [0.4, 0.5) is 0 Å². The zero-order chi connectivity index (χ0) is 23.4. The number of methoxy groups -OCH3 is 3. The molecule has 172 valence electrons. The van der Waals surface area contributed by atoms with Gasteiger partial charge in [0.2, 0.25) is 0 Å². The number of benzene rings is 1. The maximum atomic E-state index is 12.6. The molecule has 1 aromatic carbocycles. The average molecular weight is 441 g/mol. The third kappa shape index (κ3) is 4.51. The second-order valence-corrected chi connectivity index (χ2v) is 8.75. The van der Waals surface area contributed by atoms with Crippen molar-refractivity contribution in [2.75, 3.05) is 27.9 Å². The van der Waals surface area contributed by atoms with Crippen molar-refractivity contribution in [2.24, 2.45) is 22.7 Å². The third-order valence-electron chi connectivity index (χ3n) is 6.80. The average Bonchev–Trinajstić information content (AvgIpc) is 2.82. The van der Waals surface area contributed by atoms with E-state index in [1.54, 1.807) is 14.0 Å². The molecule has 0 bridgehead atoms. The second kappa shape index (κ2) is 9.74. The molecule has 1 aromatic rings. The normalized spacial score (nSPS) is 24.3. The van der Waals surface area contributed by atoms with Gasteiger partial charge in [0.05, 0.1) is 34.5 Å². The first-order valence-electron chi connectivity index (χ1n) is 10.7. The second-order valence-electron chi connectivity index (χ2n) is 8.75. The standard InChI is InChI=1S/C26H32O6/c1-25-13-6-7-19(17-32-16-18-8-10-21(29-3)11-9-18)22(25)15-20(12-14-25)26(2,23(27)30-4)24(28)31-5/h6-14,20,22H,15-17H2,1-5H3/t20-,22+,25+/m1/s1. The van der Waals surface area contributed by atoms with Gasteiger partial charge in [0.15, 0.2) is 5.41 Å². The van der Waals surface area contributed by atoms with Crippen molar-refractivity contribution in [1.82, 2.24) is 0 Å². The Hall–Kier alpha value is -2.86. The number of rotatable bonds is 8. The summed E-state index contributed by atoms with van der Waals surface area (Å²) in [6, 6.07) is 7.79. The summed E-state index contributed by atoms with van der Waals surface area (Å²) in [5.41, 5.74) is 0.579. The number of esters is 2. The van der Waals surface area contributed by atoms with E-state index in [-0.39, 0.29) is 17.3 Å². The fraction of sp³-hybridized carbons (Fsp3) is 0.462. The fourth-order valence-corrected chi connectivity index (χ4v) is 4.64. The van der Waals surface area contributed by atoms with Gasteiger partial charge in [0.1, 0.15) is 5.75 Å². The quantitative estimate of drug-likeness (QED) is 0.342. The van der Waals surface area contributed by atoms with Gasteiger partial charge in [-0.1, -0.05) is 49.4 Å². The van der Waals surface area contributed by atoms with Crippen LogP contribution in [0.25, 0.3) is 0 Å². The van der Waals surface area contributed by atoms with Gasteiger partial charge in [0.25, 0.3) is 0 Å². The summed E-state index contributed by atoms with van der Waals surface area (Å²) in [6.07, 6.45) is 10.9. The SMILES string of the molecule is COC(=O)C(C)(C(=O)OC)[C@@H]1C=C[C@]2(C)C=CC=C(COCc3ccc(OC)cc3)[C@@H]2C1. The number of fused-ring (bicyclic) bond motifs is 1. The summed E-state index contributed by atoms with van der Waals surface area (Å²) in [4.78, 5) is 25.2. The molecule has 6 nitrogen and oxygen atoms in total. The summed E-state index contributed by atoms with van der Waals surface area (Å²) in [5.74, 6) is -0.626. The minimum Gasteiger partial charge on any atom is -0.497 e. The Labute approximate surface area is 189 Å². The van der Waals surface area contributed by atoms with Crippen molar-refractivity contribution in [3.63, 3.8) is 0 Å². The number of carbonyl (C=O) groups excluding carboxylic acids is 2. The Morgan fingerprint density at radius 1 is 1.03 bits per heavy atom. The molecule has 6 heteroatoms. The molecule has 0 aromatic heterocycles. The van der Waals surface area contributed by atoms with Crippen LogP contribution in [0.5, 0.6) is 5.75 Å². The summed E-state index contributed by atoms with van der Waals surface area (Å²) in [7, 11) is 4.23. The van der Waals surface area contributed by atoms with E-state index >= 15 is 0 Å². The topological polar surface area (TPSA) is 71.1 Å². The van der Waals surface area contributed by atoms with E-state index in [1.807, 2.05) is 36.4 Å². The molecule has 0 heterocycles. The molecule has 0 N–H and O–H groups in total. The van der Waals surface area contributed by atoms with E-state index in [0.717, 1.165) is 16.9 Å². The van der Waals surface area contributed by atoms with Gasteiger partial charge in [-0.3, -0.25) is 9.59 Å². The van der Waals surface area contributed by atoms with Crippen LogP contribution in [0, 0.1) is 22.7 Å². The van der Waals surface area contributed by atoms with Gasteiger partial charge < -0.3 is 18.9 Å². The van der Waals surface area contributed by atoms with Gasteiger partial charge in [-0.2, -0.15) is 0 Å². The van der Waals surface area contributed by atoms with Crippen LogP contribution in [0.1, 0.15) is 25.8 Å². The van der Waals surface area contributed by atoms with E-state index in [2.05, 4.69) is 25.2 Å². The molecule has 0 fully saturated rings. The molecule has 3 rings (SSSR count). The van der Waals surface area contributed by atoms with E-state index in [0.29, 0.717) is 19.6 Å². The van der Waals surface area contributed by atoms with Gasteiger partial charge >= 0.3 is 11.9 Å². The molecular formula is C26H32O6. The lowest BCUT2D eigenvalue weighted by atomic mass is 9.59. The lowest BCUT2D eigenvalue weighted by Crippen LogP contribution is -2.47. The molecular weight excluding hydrogens is 408 g/mol. The van der Waals surface area contributed by atoms with Crippen LogP contribution in [-0.2, 0) is 30.4 Å².